The van der Waals surface area contributed by atoms with Crippen LogP contribution in [-0.4, -0.2) is 38.9 Å². The summed E-state index contributed by atoms with van der Waals surface area (Å²) in [7, 11) is 3.20. The van der Waals surface area contributed by atoms with Crippen LogP contribution in [0.2, 0.25) is 0 Å². The van der Waals surface area contributed by atoms with Gasteiger partial charge in [-0.25, -0.2) is 0 Å². The minimum atomic E-state index is -0.127. The maximum Gasteiger partial charge on any atom is 0.323 e. The van der Waals surface area contributed by atoms with Gasteiger partial charge in [0, 0.05) is 19.1 Å². The second-order valence-corrected chi connectivity index (χ2v) is 4.65. The number of rotatable bonds is 2. The zero-order chi connectivity index (χ0) is 10.9. The average Bonchev–Trinajstić information content (AvgIpc) is 2.27. The molecule has 0 aromatic rings. The maximum atomic E-state index is 11.5. The monoisotopic (exact) mass is 213 g/mol. The van der Waals surface area contributed by atoms with Crippen molar-refractivity contribution >= 4 is 5.97 Å². The van der Waals surface area contributed by atoms with E-state index in [1.54, 1.807) is 7.11 Å². The first-order chi connectivity index (χ1) is 7.22. The van der Waals surface area contributed by atoms with E-state index in [-0.39, 0.29) is 17.4 Å². The summed E-state index contributed by atoms with van der Waals surface area (Å²) in [5, 5.41) is 3.17. The average molecular weight is 213 g/mol. The van der Waals surface area contributed by atoms with Gasteiger partial charge in [0.05, 0.1) is 13.2 Å². The first kappa shape index (κ1) is 10.9. The van der Waals surface area contributed by atoms with Crippen molar-refractivity contribution in [3.05, 3.63) is 0 Å². The lowest BCUT2D eigenvalue weighted by molar-refractivity contribution is -0.155. The van der Waals surface area contributed by atoms with Crippen LogP contribution >= 0.6 is 0 Å². The summed E-state index contributed by atoms with van der Waals surface area (Å²) in [6.07, 6.45) is 4.67. The van der Waals surface area contributed by atoms with Gasteiger partial charge >= 0.3 is 5.97 Å². The van der Waals surface area contributed by atoms with E-state index in [1.807, 2.05) is 0 Å². The van der Waals surface area contributed by atoms with E-state index in [0.717, 1.165) is 32.2 Å². The molecule has 1 N–H and O–H groups in total. The topological polar surface area (TPSA) is 47.6 Å². The smallest absolute Gasteiger partial charge is 0.323 e. The molecule has 0 bridgehead atoms. The van der Waals surface area contributed by atoms with Crippen LogP contribution in [0.15, 0.2) is 0 Å². The molecule has 0 unspecified atom stereocenters. The lowest BCUT2D eigenvalue weighted by atomic mass is 9.63. The molecule has 0 amide bonds. The van der Waals surface area contributed by atoms with Crippen LogP contribution in [0.3, 0.4) is 0 Å². The van der Waals surface area contributed by atoms with Crippen LogP contribution in [0.25, 0.3) is 0 Å². The number of esters is 1. The van der Waals surface area contributed by atoms with Gasteiger partial charge in [-0.15, -0.1) is 0 Å². The van der Waals surface area contributed by atoms with Crippen LogP contribution in [0.1, 0.15) is 25.7 Å². The fourth-order valence-electron chi connectivity index (χ4n) is 2.91. The van der Waals surface area contributed by atoms with Gasteiger partial charge in [-0.3, -0.25) is 4.79 Å². The van der Waals surface area contributed by atoms with Gasteiger partial charge in [0.25, 0.3) is 0 Å². The van der Waals surface area contributed by atoms with E-state index in [0.29, 0.717) is 6.10 Å². The van der Waals surface area contributed by atoms with Crippen molar-refractivity contribution in [2.45, 2.75) is 37.8 Å². The number of hydrogen-bond donors (Lipinski definition) is 1. The molecule has 1 spiro atoms. The predicted octanol–water partition coefficient (Wildman–Crippen LogP) is 0.707. The molecule has 0 radical (unpaired) electrons. The third kappa shape index (κ3) is 1.76. The molecule has 4 heteroatoms. The lowest BCUT2D eigenvalue weighted by Crippen LogP contribution is -2.67. The molecule has 1 aliphatic carbocycles. The number of carbonyl (C=O) groups is 1. The first-order valence-electron chi connectivity index (χ1n) is 5.56. The van der Waals surface area contributed by atoms with Crippen molar-refractivity contribution in [1.82, 2.24) is 5.32 Å². The van der Waals surface area contributed by atoms with Crippen molar-refractivity contribution in [2.75, 3.05) is 20.8 Å². The summed E-state index contributed by atoms with van der Waals surface area (Å²) in [6.45, 7) is 0.923. The van der Waals surface area contributed by atoms with Gasteiger partial charge in [-0.05, 0) is 19.3 Å². The molecular formula is C11H19NO3. The third-order valence-corrected chi connectivity index (χ3v) is 3.88. The Bertz CT molecular complexity index is 256. The summed E-state index contributed by atoms with van der Waals surface area (Å²) in [5.74, 6) is -0.127. The third-order valence-electron chi connectivity index (χ3n) is 3.88. The van der Waals surface area contributed by atoms with Crippen molar-refractivity contribution in [3.63, 3.8) is 0 Å². The minimum Gasteiger partial charge on any atom is -0.468 e. The van der Waals surface area contributed by atoms with Gasteiger partial charge in [0.15, 0.2) is 0 Å². The Labute approximate surface area is 90.3 Å². The van der Waals surface area contributed by atoms with Crippen LogP contribution in [-0.2, 0) is 14.3 Å². The summed E-state index contributed by atoms with van der Waals surface area (Å²) < 4.78 is 10.2. The summed E-state index contributed by atoms with van der Waals surface area (Å²) >= 11 is 0. The van der Waals surface area contributed by atoms with Gasteiger partial charge in [0.2, 0.25) is 0 Å². The molecule has 0 aromatic carbocycles. The highest BCUT2D eigenvalue weighted by Gasteiger charge is 2.53. The zero-order valence-electron chi connectivity index (χ0n) is 9.41. The van der Waals surface area contributed by atoms with E-state index in [2.05, 4.69) is 5.32 Å². The Morgan fingerprint density at radius 3 is 2.80 bits per heavy atom. The summed E-state index contributed by atoms with van der Waals surface area (Å²) in [5.41, 5.74) is 0.103. The molecule has 1 saturated heterocycles. The Balaban J connectivity index is 2.03. The van der Waals surface area contributed by atoms with Crippen molar-refractivity contribution in [1.29, 1.82) is 0 Å². The Hall–Kier alpha value is -0.610. The van der Waals surface area contributed by atoms with Crippen LogP contribution in [0.5, 0.6) is 0 Å². The molecule has 0 aromatic heterocycles. The Morgan fingerprint density at radius 2 is 2.27 bits per heavy atom. The lowest BCUT2D eigenvalue weighted by Gasteiger charge is -2.52. The van der Waals surface area contributed by atoms with Crippen LogP contribution < -0.4 is 5.32 Å². The van der Waals surface area contributed by atoms with Crippen molar-refractivity contribution < 1.29 is 14.3 Å². The van der Waals surface area contributed by atoms with E-state index >= 15 is 0 Å². The van der Waals surface area contributed by atoms with Gasteiger partial charge < -0.3 is 14.8 Å². The molecule has 2 rings (SSSR count). The zero-order valence-corrected chi connectivity index (χ0v) is 9.41. The van der Waals surface area contributed by atoms with E-state index < -0.39 is 0 Å². The molecule has 2 aliphatic rings. The van der Waals surface area contributed by atoms with Crippen LogP contribution in [0.4, 0.5) is 0 Å². The normalized spacial score (nSPS) is 39.9. The van der Waals surface area contributed by atoms with Gasteiger partial charge in [-0.2, -0.15) is 0 Å². The minimum absolute atomic E-state index is 0.103. The van der Waals surface area contributed by atoms with Crippen molar-refractivity contribution in [2.24, 2.45) is 5.41 Å². The molecule has 1 saturated carbocycles. The predicted molar refractivity (Wildman–Crippen MR) is 55.5 cm³/mol. The number of nitrogens with one attached hydrogen (secondary N) is 1. The molecule has 1 aliphatic heterocycles. The van der Waals surface area contributed by atoms with E-state index in [9.17, 15) is 4.79 Å². The molecule has 4 nitrogen and oxygen atoms in total. The number of ether oxygens (including phenoxy) is 2. The fourth-order valence-corrected chi connectivity index (χ4v) is 2.91. The van der Waals surface area contributed by atoms with E-state index in [4.69, 9.17) is 9.47 Å². The highest BCUT2D eigenvalue weighted by atomic mass is 16.5. The van der Waals surface area contributed by atoms with Gasteiger partial charge in [-0.1, -0.05) is 6.42 Å². The fraction of sp³-hybridized carbons (Fsp3) is 0.909. The maximum absolute atomic E-state index is 11.5. The second-order valence-electron chi connectivity index (χ2n) is 4.65. The second kappa shape index (κ2) is 4.10. The highest BCUT2D eigenvalue weighted by Crippen LogP contribution is 2.44. The standard InChI is InChI=1S/C11H19NO3/c1-14-8-4-3-5-11(6-8)7-12-9(11)10(13)15-2/h8-9,12H,3-7H2,1-2H3/t8-,9+,11-/m1/s1. The summed E-state index contributed by atoms with van der Waals surface area (Å²) in [6, 6.07) is -0.111. The molecule has 1 heterocycles. The quantitative estimate of drug-likeness (QED) is 0.686. The molecule has 15 heavy (non-hydrogen) atoms. The van der Waals surface area contributed by atoms with Gasteiger partial charge in [0.1, 0.15) is 6.04 Å². The van der Waals surface area contributed by atoms with Crippen LogP contribution in [0, 0.1) is 5.41 Å². The number of carbonyl (C=O) groups excluding carboxylic acids is 1. The Morgan fingerprint density at radius 1 is 1.47 bits per heavy atom. The van der Waals surface area contributed by atoms with Crippen molar-refractivity contribution in [3.8, 4) is 0 Å². The first-order valence-corrected chi connectivity index (χ1v) is 5.56. The van der Waals surface area contributed by atoms with E-state index in [1.165, 1.54) is 7.11 Å². The largest absolute Gasteiger partial charge is 0.468 e. The number of methoxy groups -OCH3 is 2. The molecular weight excluding hydrogens is 194 g/mol. The molecule has 2 fully saturated rings. The highest BCUT2D eigenvalue weighted by molar-refractivity contribution is 5.78. The SMILES string of the molecule is COC(=O)[C@@H]1NC[C@]12CCC[C@@H](OC)C2. The summed E-state index contributed by atoms with van der Waals surface area (Å²) in [4.78, 5) is 11.5. The molecule has 86 valence electrons. The molecule has 3 atom stereocenters. The Kier molecular flexibility index (Phi) is 2.98. The number of hydrogen-bond acceptors (Lipinski definition) is 4.